The molecule has 0 aliphatic heterocycles. The van der Waals surface area contributed by atoms with Gasteiger partial charge in [0.1, 0.15) is 11.7 Å². The van der Waals surface area contributed by atoms with Crippen LogP contribution in [0.1, 0.15) is 30.1 Å². The lowest BCUT2D eigenvalue weighted by Gasteiger charge is -2.15. The first-order chi connectivity index (χ1) is 9.88. The molecular formula is C13H16N4O4. The molecule has 1 saturated carbocycles. The summed E-state index contributed by atoms with van der Waals surface area (Å²) in [5.41, 5.74) is 5.02. The predicted molar refractivity (Wildman–Crippen MR) is 75.9 cm³/mol. The van der Waals surface area contributed by atoms with Gasteiger partial charge in [-0.25, -0.2) is 0 Å². The Kier molecular flexibility index (Phi) is 4.06. The van der Waals surface area contributed by atoms with Crippen LogP contribution in [0.3, 0.4) is 0 Å². The fourth-order valence-corrected chi connectivity index (χ4v) is 1.81. The number of nitro benzene ring substituents is 1. The van der Waals surface area contributed by atoms with Crippen LogP contribution in [0.15, 0.2) is 18.2 Å². The molecule has 0 spiro atoms. The minimum absolute atomic E-state index is 0.0438. The van der Waals surface area contributed by atoms with Crippen LogP contribution in [0.2, 0.25) is 0 Å². The van der Waals surface area contributed by atoms with E-state index < -0.39 is 16.9 Å². The van der Waals surface area contributed by atoms with Crippen molar-refractivity contribution in [3.05, 3.63) is 33.9 Å². The highest BCUT2D eigenvalue weighted by molar-refractivity contribution is 5.94. The van der Waals surface area contributed by atoms with E-state index in [1.165, 1.54) is 12.1 Å². The number of primary amides is 1. The zero-order valence-corrected chi connectivity index (χ0v) is 11.5. The minimum atomic E-state index is -0.746. The van der Waals surface area contributed by atoms with Crippen molar-refractivity contribution in [3.63, 3.8) is 0 Å². The zero-order chi connectivity index (χ0) is 15.6. The lowest BCUT2D eigenvalue weighted by atomic mass is 10.1. The SMILES string of the molecule is CC(Nc1ccc(C(N)=O)cc1[N+](=O)[O-])C(=O)NC1CC1. The first-order valence-corrected chi connectivity index (χ1v) is 6.53. The number of benzene rings is 1. The summed E-state index contributed by atoms with van der Waals surface area (Å²) < 4.78 is 0. The Morgan fingerprint density at radius 1 is 1.43 bits per heavy atom. The Balaban J connectivity index is 2.15. The van der Waals surface area contributed by atoms with E-state index in [0.29, 0.717) is 0 Å². The summed E-state index contributed by atoms with van der Waals surface area (Å²) in [6.07, 6.45) is 1.93. The van der Waals surface area contributed by atoms with Gasteiger partial charge in [-0.15, -0.1) is 0 Å². The quantitative estimate of drug-likeness (QED) is 0.527. The molecule has 112 valence electrons. The standard InChI is InChI=1S/C13H16N4O4/c1-7(13(19)16-9-3-4-9)15-10-5-2-8(12(14)18)6-11(10)17(20)21/h2,5-7,9,15H,3-4H2,1H3,(H2,14,18)(H,16,19). The molecule has 1 atom stereocenters. The molecule has 1 unspecified atom stereocenters. The van der Waals surface area contributed by atoms with Crippen LogP contribution in [-0.4, -0.2) is 28.8 Å². The van der Waals surface area contributed by atoms with Crippen LogP contribution in [0.4, 0.5) is 11.4 Å². The van der Waals surface area contributed by atoms with Crippen LogP contribution < -0.4 is 16.4 Å². The number of hydrogen-bond donors (Lipinski definition) is 3. The Morgan fingerprint density at radius 2 is 2.10 bits per heavy atom. The average Bonchev–Trinajstić information content (AvgIpc) is 3.22. The van der Waals surface area contributed by atoms with Crippen LogP contribution in [0.25, 0.3) is 0 Å². The molecule has 1 aromatic rings. The van der Waals surface area contributed by atoms with Crippen LogP contribution >= 0.6 is 0 Å². The van der Waals surface area contributed by atoms with Gasteiger partial charge in [0.25, 0.3) is 5.69 Å². The topological polar surface area (TPSA) is 127 Å². The van der Waals surface area contributed by atoms with E-state index in [2.05, 4.69) is 10.6 Å². The van der Waals surface area contributed by atoms with E-state index in [4.69, 9.17) is 5.73 Å². The van der Waals surface area contributed by atoms with Crippen molar-refractivity contribution in [2.24, 2.45) is 5.73 Å². The molecule has 0 radical (unpaired) electrons. The highest BCUT2D eigenvalue weighted by atomic mass is 16.6. The molecule has 4 N–H and O–H groups in total. The molecule has 1 fully saturated rings. The molecule has 2 amide bonds. The van der Waals surface area contributed by atoms with Crippen molar-refractivity contribution in [2.45, 2.75) is 31.8 Å². The fourth-order valence-electron chi connectivity index (χ4n) is 1.81. The number of nitro groups is 1. The summed E-state index contributed by atoms with van der Waals surface area (Å²) in [5.74, 6) is -0.963. The number of carbonyl (C=O) groups excluding carboxylic acids is 2. The molecule has 8 heteroatoms. The summed E-state index contributed by atoms with van der Waals surface area (Å²) in [6.45, 7) is 1.61. The van der Waals surface area contributed by atoms with Gasteiger partial charge < -0.3 is 16.4 Å². The number of hydrogen-bond acceptors (Lipinski definition) is 5. The number of nitrogens with one attached hydrogen (secondary N) is 2. The summed E-state index contributed by atoms with van der Waals surface area (Å²) >= 11 is 0. The highest BCUT2D eigenvalue weighted by Crippen LogP contribution is 2.26. The van der Waals surface area contributed by atoms with E-state index in [1.807, 2.05) is 0 Å². The normalized spacial score (nSPS) is 15.1. The average molecular weight is 292 g/mol. The van der Waals surface area contributed by atoms with E-state index in [1.54, 1.807) is 6.92 Å². The molecule has 0 aromatic heterocycles. The Hall–Kier alpha value is -2.64. The summed E-state index contributed by atoms with van der Waals surface area (Å²) in [5, 5.41) is 16.6. The van der Waals surface area contributed by atoms with Crippen molar-refractivity contribution in [1.29, 1.82) is 0 Å². The van der Waals surface area contributed by atoms with Gasteiger partial charge in [0.15, 0.2) is 0 Å². The van der Waals surface area contributed by atoms with Gasteiger partial charge in [-0.1, -0.05) is 0 Å². The highest BCUT2D eigenvalue weighted by Gasteiger charge is 2.26. The second kappa shape index (κ2) is 5.78. The van der Waals surface area contributed by atoms with Gasteiger partial charge in [-0.3, -0.25) is 19.7 Å². The predicted octanol–water partition coefficient (Wildman–Crippen LogP) is 0.773. The number of nitrogens with two attached hydrogens (primary N) is 1. The van der Waals surface area contributed by atoms with Crippen LogP contribution in [0.5, 0.6) is 0 Å². The maximum Gasteiger partial charge on any atom is 0.293 e. The first-order valence-electron chi connectivity index (χ1n) is 6.53. The van der Waals surface area contributed by atoms with Crippen molar-refractivity contribution in [3.8, 4) is 0 Å². The summed E-state index contributed by atoms with van der Waals surface area (Å²) in [6, 6.07) is 3.44. The first kappa shape index (κ1) is 14.8. The van der Waals surface area contributed by atoms with Gasteiger partial charge in [0.2, 0.25) is 11.8 Å². The van der Waals surface area contributed by atoms with Crippen molar-refractivity contribution >= 4 is 23.2 Å². The maximum absolute atomic E-state index is 11.8. The molecular weight excluding hydrogens is 276 g/mol. The largest absolute Gasteiger partial charge is 0.368 e. The van der Waals surface area contributed by atoms with Crippen LogP contribution in [-0.2, 0) is 4.79 Å². The number of nitrogens with zero attached hydrogens (tertiary/aromatic N) is 1. The fraction of sp³-hybridized carbons (Fsp3) is 0.385. The minimum Gasteiger partial charge on any atom is -0.368 e. The van der Waals surface area contributed by atoms with E-state index in [0.717, 1.165) is 18.9 Å². The van der Waals surface area contributed by atoms with Crippen molar-refractivity contribution in [1.82, 2.24) is 5.32 Å². The third-order valence-corrected chi connectivity index (χ3v) is 3.17. The Bertz CT molecular complexity index is 598. The van der Waals surface area contributed by atoms with E-state index in [-0.39, 0.29) is 28.9 Å². The van der Waals surface area contributed by atoms with E-state index in [9.17, 15) is 19.7 Å². The third-order valence-electron chi connectivity index (χ3n) is 3.17. The second-order valence-electron chi connectivity index (χ2n) is 5.00. The van der Waals surface area contributed by atoms with Crippen LogP contribution in [0, 0.1) is 10.1 Å². The lowest BCUT2D eigenvalue weighted by molar-refractivity contribution is -0.384. The molecule has 21 heavy (non-hydrogen) atoms. The number of rotatable bonds is 6. The molecule has 0 heterocycles. The smallest absolute Gasteiger partial charge is 0.293 e. The molecule has 1 aromatic carbocycles. The molecule has 8 nitrogen and oxygen atoms in total. The molecule has 1 aliphatic carbocycles. The van der Waals surface area contributed by atoms with Gasteiger partial charge in [0, 0.05) is 17.7 Å². The van der Waals surface area contributed by atoms with Gasteiger partial charge >= 0.3 is 0 Å². The van der Waals surface area contributed by atoms with Gasteiger partial charge in [0.05, 0.1) is 4.92 Å². The number of anilines is 1. The van der Waals surface area contributed by atoms with Gasteiger partial charge in [-0.05, 0) is 31.9 Å². The summed E-state index contributed by atoms with van der Waals surface area (Å²) in [4.78, 5) is 33.3. The van der Waals surface area contributed by atoms with Gasteiger partial charge in [-0.2, -0.15) is 0 Å². The lowest BCUT2D eigenvalue weighted by Crippen LogP contribution is -2.38. The molecule has 0 saturated heterocycles. The Morgan fingerprint density at radius 3 is 2.62 bits per heavy atom. The molecule has 0 bridgehead atoms. The zero-order valence-electron chi connectivity index (χ0n) is 11.5. The third kappa shape index (κ3) is 3.68. The summed E-state index contributed by atoms with van der Waals surface area (Å²) in [7, 11) is 0. The second-order valence-corrected chi connectivity index (χ2v) is 5.00. The number of carbonyl (C=O) groups is 2. The van der Waals surface area contributed by atoms with E-state index >= 15 is 0 Å². The molecule has 1 aliphatic rings. The maximum atomic E-state index is 11.8. The van der Waals surface area contributed by atoms with Crippen molar-refractivity contribution in [2.75, 3.05) is 5.32 Å². The number of amides is 2. The molecule has 2 rings (SSSR count). The monoisotopic (exact) mass is 292 g/mol. The Labute approximate surface area is 120 Å². The van der Waals surface area contributed by atoms with Crippen molar-refractivity contribution < 1.29 is 14.5 Å².